The number of nitriles is 1. The predicted octanol–water partition coefficient (Wildman–Crippen LogP) is 2.45. The van der Waals surface area contributed by atoms with E-state index in [4.69, 9.17) is 5.26 Å². The van der Waals surface area contributed by atoms with Crippen molar-refractivity contribution in [3.8, 4) is 6.07 Å². The van der Waals surface area contributed by atoms with Gasteiger partial charge in [-0.1, -0.05) is 12.1 Å². The quantitative estimate of drug-likeness (QED) is 0.910. The van der Waals surface area contributed by atoms with Gasteiger partial charge in [0.25, 0.3) is 0 Å². The van der Waals surface area contributed by atoms with Crippen LogP contribution in [0.4, 0.5) is 5.69 Å². The van der Waals surface area contributed by atoms with Crippen LogP contribution in [-0.4, -0.2) is 24.5 Å². The molecule has 0 saturated carbocycles. The zero-order chi connectivity index (χ0) is 13.8. The fraction of sp³-hybridized carbons (Fsp3) is 0.429. The van der Waals surface area contributed by atoms with E-state index in [0.717, 1.165) is 16.6 Å². The second-order valence-corrected chi connectivity index (χ2v) is 5.57. The standard InChI is InChI=1S/C14H16BrN3O/c1-10-7-9-18(13-5-3-2-4-11(13)15)14(19)12(17-10)6-8-16/h2-5,10,12,17H,6-7,9H2,1H3. The van der Waals surface area contributed by atoms with E-state index in [-0.39, 0.29) is 18.4 Å². The summed E-state index contributed by atoms with van der Waals surface area (Å²) < 4.78 is 0.897. The predicted molar refractivity (Wildman–Crippen MR) is 77.7 cm³/mol. The zero-order valence-corrected chi connectivity index (χ0v) is 12.4. The molecule has 19 heavy (non-hydrogen) atoms. The fourth-order valence-electron chi connectivity index (χ4n) is 2.27. The lowest BCUT2D eigenvalue weighted by Gasteiger charge is -2.24. The van der Waals surface area contributed by atoms with Crippen LogP contribution in [0.25, 0.3) is 0 Å². The van der Waals surface area contributed by atoms with Crippen molar-refractivity contribution in [1.82, 2.24) is 5.32 Å². The van der Waals surface area contributed by atoms with Crippen molar-refractivity contribution in [2.75, 3.05) is 11.4 Å². The highest BCUT2D eigenvalue weighted by Gasteiger charge is 2.30. The van der Waals surface area contributed by atoms with Crippen molar-refractivity contribution in [3.05, 3.63) is 28.7 Å². The molecule has 1 N–H and O–H groups in total. The molecule has 4 nitrogen and oxygen atoms in total. The van der Waals surface area contributed by atoms with E-state index in [1.807, 2.05) is 31.2 Å². The lowest BCUT2D eigenvalue weighted by atomic mass is 10.1. The van der Waals surface area contributed by atoms with Crippen LogP contribution in [0.3, 0.4) is 0 Å². The number of para-hydroxylation sites is 1. The minimum Gasteiger partial charge on any atom is -0.310 e. The van der Waals surface area contributed by atoms with Crippen molar-refractivity contribution in [3.63, 3.8) is 0 Å². The summed E-state index contributed by atoms with van der Waals surface area (Å²) in [6.07, 6.45) is 1.07. The number of carbonyl (C=O) groups excluding carboxylic acids is 1. The number of carbonyl (C=O) groups is 1. The maximum absolute atomic E-state index is 12.5. The summed E-state index contributed by atoms with van der Waals surface area (Å²) >= 11 is 3.48. The molecule has 1 amide bonds. The molecular formula is C14H16BrN3O. The van der Waals surface area contributed by atoms with Crippen LogP contribution in [0.1, 0.15) is 19.8 Å². The molecule has 1 saturated heterocycles. The summed E-state index contributed by atoms with van der Waals surface area (Å²) in [7, 11) is 0. The van der Waals surface area contributed by atoms with Crippen LogP contribution >= 0.6 is 15.9 Å². The Bertz CT molecular complexity index is 512. The minimum atomic E-state index is -0.422. The molecule has 2 atom stereocenters. The average molecular weight is 322 g/mol. The molecule has 2 rings (SSSR count). The van der Waals surface area contributed by atoms with Gasteiger partial charge in [-0.25, -0.2) is 0 Å². The highest BCUT2D eigenvalue weighted by molar-refractivity contribution is 9.10. The summed E-state index contributed by atoms with van der Waals surface area (Å²) in [6, 6.07) is 9.56. The van der Waals surface area contributed by atoms with Gasteiger partial charge in [-0.15, -0.1) is 0 Å². The summed E-state index contributed by atoms with van der Waals surface area (Å²) in [4.78, 5) is 14.3. The smallest absolute Gasteiger partial charge is 0.245 e. The zero-order valence-electron chi connectivity index (χ0n) is 10.8. The molecule has 0 spiro atoms. The number of hydrogen-bond donors (Lipinski definition) is 1. The fourth-order valence-corrected chi connectivity index (χ4v) is 2.77. The first-order chi connectivity index (χ1) is 9.13. The van der Waals surface area contributed by atoms with Crippen LogP contribution in [0.15, 0.2) is 28.7 Å². The molecule has 0 radical (unpaired) electrons. The maximum Gasteiger partial charge on any atom is 0.245 e. The Morgan fingerprint density at radius 2 is 2.26 bits per heavy atom. The van der Waals surface area contributed by atoms with Gasteiger partial charge in [0.1, 0.15) is 6.04 Å². The Kier molecular flexibility index (Phi) is 4.56. The molecule has 1 aromatic carbocycles. The molecule has 2 unspecified atom stereocenters. The van der Waals surface area contributed by atoms with Gasteiger partial charge in [-0.3, -0.25) is 4.79 Å². The Hall–Kier alpha value is -1.38. The normalized spacial score (nSPS) is 23.8. The largest absolute Gasteiger partial charge is 0.310 e. The number of nitrogens with zero attached hydrogens (tertiary/aromatic N) is 2. The van der Waals surface area contributed by atoms with E-state index < -0.39 is 6.04 Å². The van der Waals surface area contributed by atoms with Crippen molar-refractivity contribution < 1.29 is 4.79 Å². The number of hydrogen-bond acceptors (Lipinski definition) is 3. The molecule has 5 heteroatoms. The van der Waals surface area contributed by atoms with Gasteiger partial charge in [0, 0.05) is 17.1 Å². The van der Waals surface area contributed by atoms with E-state index in [9.17, 15) is 4.79 Å². The minimum absolute atomic E-state index is 0.0298. The second kappa shape index (κ2) is 6.18. The van der Waals surface area contributed by atoms with Gasteiger partial charge in [0.05, 0.1) is 18.2 Å². The van der Waals surface area contributed by atoms with Gasteiger partial charge < -0.3 is 10.2 Å². The van der Waals surface area contributed by atoms with Gasteiger partial charge in [-0.2, -0.15) is 5.26 Å². The first kappa shape index (κ1) is 14.0. The van der Waals surface area contributed by atoms with Crippen LogP contribution in [0, 0.1) is 11.3 Å². The molecule has 0 aromatic heterocycles. The first-order valence-corrected chi connectivity index (χ1v) is 7.11. The van der Waals surface area contributed by atoms with Crippen molar-refractivity contribution in [2.24, 2.45) is 0 Å². The average Bonchev–Trinajstić information content (AvgIpc) is 2.52. The van der Waals surface area contributed by atoms with Crippen molar-refractivity contribution in [1.29, 1.82) is 5.26 Å². The van der Waals surface area contributed by atoms with Crippen molar-refractivity contribution in [2.45, 2.75) is 31.8 Å². The number of rotatable bonds is 2. The molecule has 1 fully saturated rings. The highest BCUT2D eigenvalue weighted by Crippen LogP contribution is 2.27. The molecule has 0 bridgehead atoms. The second-order valence-electron chi connectivity index (χ2n) is 4.71. The molecular weight excluding hydrogens is 306 g/mol. The summed E-state index contributed by atoms with van der Waals surface area (Å²) in [5.41, 5.74) is 0.867. The number of anilines is 1. The topological polar surface area (TPSA) is 56.1 Å². The van der Waals surface area contributed by atoms with E-state index >= 15 is 0 Å². The van der Waals surface area contributed by atoms with Gasteiger partial charge >= 0.3 is 0 Å². The van der Waals surface area contributed by atoms with E-state index in [2.05, 4.69) is 27.3 Å². The Labute approximate surface area is 121 Å². The third-order valence-corrected chi connectivity index (χ3v) is 3.94. The maximum atomic E-state index is 12.5. The van der Waals surface area contributed by atoms with Crippen LogP contribution in [0.2, 0.25) is 0 Å². The monoisotopic (exact) mass is 321 g/mol. The number of amides is 1. The molecule has 0 aliphatic carbocycles. The lowest BCUT2D eigenvalue weighted by molar-refractivity contribution is -0.120. The van der Waals surface area contributed by atoms with E-state index in [0.29, 0.717) is 6.54 Å². The van der Waals surface area contributed by atoms with Crippen molar-refractivity contribution >= 4 is 27.5 Å². The van der Waals surface area contributed by atoms with Gasteiger partial charge in [-0.05, 0) is 41.4 Å². The summed E-state index contributed by atoms with van der Waals surface area (Å²) in [5, 5.41) is 12.1. The molecule has 1 aliphatic rings. The number of benzene rings is 1. The highest BCUT2D eigenvalue weighted by atomic mass is 79.9. The molecule has 100 valence electrons. The molecule has 1 heterocycles. The van der Waals surface area contributed by atoms with Crippen LogP contribution < -0.4 is 10.2 Å². The Morgan fingerprint density at radius 3 is 2.95 bits per heavy atom. The number of halogens is 1. The summed E-state index contributed by atoms with van der Waals surface area (Å²) in [5.74, 6) is -0.0298. The van der Waals surface area contributed by atoms with Gasteiger partial charge in [0.2, 0.25) is 5.91 Å². The van der Waals surface area contributed by atoms with Crippen LogP contribution in [0.5, 0.6) is 0 Å². The SMILES string of the molecule is CC1CCN(c2ccccc2Br)C(=O)C(CC#N)N1. The van der Waals surface area contributed by atoms with E-state index in [1.165, 1.54) is 0 Å². The molecule has 1 aromatic rings. The Morgan fingerprint density at radius 1 is 1.53 bits per heavy atom. The van der Waals surface area contributed by atoms with Crippen LogP contribution in [-0.2, 0) is 4.79 Å². The van der Waals surface area contributed by atoms with Gasteiger partial charge in [0.15, 0.2) is 0 Å². The summed E-state index contributed by atoms with van der Waals surface area (Å²) in [6.45, 7) is 2.71. The lowest BCUT2D eigenvalue weighted by Crippen LogP contribution is -2.45. The third kappa shape index (κ3) is 3.14. The first-order valence-electron chi connectivity index (χ1n) is 6.32. The Balaban J connectivity index is 2.31. The third-order valence-electron chi connectivity index (χ3n) is 3.27. The molecule has 1 aliphatic heterocycles. The van der Waals surface area contributed by atoms with E-state index in [1.54, 1.807) is 4.90 Å². The number of nitrogens with one attached hydrogen (secondary N) is 1.